The number of halogens is 3. The zero-order valence-electron chi connectivity index (χ0n) is 17.8. The summed E-state index contributed by atoms with van der Waals surface area (Å²) in [6.45, 7) is 1.46. The molecular formula is C23H24BrI2NaO4. The molecule has 0 bridgehead atoms. The number of aliphatic hydroxyl groups excluding tert-OH is 1. The minimum atomic E-state index is -0.304. The van der Waals surface area contributed by atoms with Gasteiger partial charge < -0.3 is 14.9 Å². The van der Waals surface area contributed by atoms with E-state index in [2.05, 4.69) is 91.5 Å². The van der Waals surface area contributed by atoms with Crippen molar-refractivity contribution < 1.29 is 49.3 Å². The number of rotatable bonds is 1. The molecule has 1 N–H and O–H groups in total. The molecule has 0 fully saturated rings. The molecule has 4 rings (SSSR count). The van der Waals surface area contributed by atoms with Crippen molar-refractivity contribution in [3.63, 3.8) is 0 Å². The van der Waals surface area contributed by atoms with Crippen molar-refractivity contribution >= 4 is 73.2 Å². The van der Waals surface area contributed by atoms with E-state index in [0.29, 0.717) is 4.83 Å². The summed E-state index contributed by atoms with van der Waals surface area (Å²) in [6, 6.07) is 12.4. The van der Waals surface area contributed by atoms with E-state index in [-0.39, 0.29) is 47.7 Å². The van der Waals surface area contributed by atoms with Gasteiger partial charge in [-0.15, -0.1) is 0 Å². The number of carbonyl (C=O) groups excluding carboxylic acids is 1. The van der Waals surface area contributed by atoms with Gasteiger partial charge in [0, 0.05) is 18.9 Å². The Hall–Kier alpha value is 0.510. The maximum atomic E-state index is 11.0. The minimum Gasteiger partial charge on any atom is -0.857 e. The standard InChI is InChI=1S/C12H12BrIO2.C10H9IO.CH3O.Na/c1-7(15)16-12-5-4-11(13)10-6-8(14)2-3-9(10)12;11-8-4-5-9-7(6-8)2-1-3-10(9)12;1-2;/h2-3,6,11-12H,4-5H2,1H3;1-2,4-6,10,12H,3H2;1H3;/q;;-1;+1. The van der Waals surface area contributed by atoms with Crippen molar-refractivity contribution in [2.75, 3.05) is 7.11 Å². The molecule has 0 saturated carbocycles. The van der Waals surface area contributed by atoms with Crippen LogP contribution in [0.25, 0.3) is 6.08 Å². The number of ether oxygens (including phenoxy) is 1. The van der Waals surface area contributed by atoms with E-state index in [1.165, 1.54) is 19.6 Å². The number of benzene rings is 2. The van der Waals surface area contributed by atoms with Gasteiger partial charge in [-0.05, 0) is 111 Å². The average Bonchev–Trinajstić information content (AvgIpc) is 2.72. The molecule has 0 radical (unpaired) electrons. The molecule has 4 nitrogen and oxygen atoms in total. The molecule has 0 spiro atoms. The van der Waals surface area contributed by atoms with E-state index in [9.17, 15) is 9.90 Å². The second-order valence-electron chi connectivity index (χ2n) is 6.84. The van der Waals surface area contributed by atoms with Crippen LogP contribution in [0.5, 0.6) is 0 Å². The van der Waals surface area contributed by atoms with Gasteiger partial charge in [-0.25, -0.2) is 0 Å². The van der Waals surface area contributed by atoms with Gasteiger partial charge >= 0.3 is 35.5 Å². The first-order valence-electron chi connectivity index (χ1n) is 9.50. The van der Waals surface area contributed by atoms with Gasteiger partial charge in [0.2, 0.25) is 0 Å². The van der Waals surface area contributed by atoms with Crippen LogP contribution < -0.4 is 34.7 Å². The van der Waals surface area contributed by atoms with Crippen molar-refractivity contribution in [2.45, 2.75) is 43.2 Å². The average molecular weight is 721 g/mol. The van der Waals surface area contributed by atoms with Crippen LogP contribution in [0, 0.1) is 7.14 Å². The summed E-state index contributed by atoms with van der Waals surface area (Å²) >= 11 is 8.25. The smallest absolute Gasteiger partial charge is 0.857 e. The molecule has 2 aliphatic carbocycles. The Morgan fingerprint density at radius 1 is 1.06 bits per heavy atom. The Bertz CT molecular complexity index is 907. The van der Waals surface area contributed by atoms with Gasteiger partial charge in [-0.2, -0.15) is 7.11 Å². The van der Waals surface area contributed by atoms with Crippen molar-refractivity contribution in [2.24, 2.45) is 0 Å². The van der Waals surface area contributed by atoms with Crippen LogP contribution in [0.1, 0.15) is 65.5 Å². The fraction of sp³-hybridized carbons (Fsp3) is 0.348. The largest absolute Gasteiger partial charge is 1.00 e. The molecule has 2 aromatic rings. The van der Waals surface area contributed by atoms with Crippen molar-refractivity contribution in [3.8, 4) is 0 Å². The third-order valence-corrected chi connectivity index (χ3v) is 7.08. The van der Waals surface area contributed by atoms with Gasteiger partial charge in [0.1, 0.15) is 6.10 Å². The van der Waals surface area contributed by atoms with Crippen LogP contribution in [0.4, 0.5) is 0 Å². The molecular weight excluding hydrogens is 697 g/mol. The van der Waals surface area contributed by atoms with E-state index < -0.39 is 0 Å². The zero-order chi connectivity index (χ0) is 22.3. The number of hydrogen-bond acceptors (Lipinski definition) is 4. The van der Waals surface area contributed by atoms with E-state index in [4.69, 9.17) is 9.84 Å². The summed E-state index contributed by atoms with van der Waals surface area (Å²) in [5.41, 5.74) is 4.60. The Labute approximate surface area is 241 Å². The predicted molar refractivity (Wildman–Crippen MR) is 138 cm³/mol. The summed E-state index contributed by atoms with van der Waals surface area (Å²) in [7, 11) is 0.750. The molecule has 31 heavy (non-hydrogen) atoms. The topological polar surface area (TPSA) is 69.6 Å². The molecule has 8 heteroatoms. The van der Waals surface area contributed by atoms with Crippen LogP contribution >= 0.6 is 61.1 Å². The Balaban J connectivity index is 0.000000287. The number of aliphatic hydroxyl groups is 1. The quantitative estimate of drug-likeness (QED) is 0.213. The molecule has 2 aromatic carbocycles. The van der Waals surface area contributed by atoms with E-state index in [1.54, 1.807) is 0 Å². The third-order valence-electron chi connectivity index (χ3n) is 4.79. The maximum Gasteiger partial charge on any atom is 1.00 e. The van der Waals surface area contributed by atoms with Crippen molar-refractivity contribution in [1.82, 2.24) is 0 Å². The molecule has 2 aliphatic rings. The first-order valence-corrected chi connectivity index (χ1v) is 12.6. The van der Waals surface area contributed by atoms with Gasteiger partial charge in [0.05, 0.1) is 6.10 Å². The number of carbonyl (C=O) groups is 1. The molecule has 0 heterocycles. The van der Waals surface area contributed by atoms with E-state index >= 15 is 0 Å². The van der Waals surface area contributed by atoms with Crippen molar-refractivity contribution in [3.05, 3.63) is 71.9 Å². The fourth-order valence-corrected chi connectivity index (χ4v) is 5.18. The number of esters is 1. The molecule has 3 unspecified atom stereocenters. The van der Waals surface area contributed by atoms with Crippen LogP contribution in [0.3, 0.4) is 0 Å². The number of alkyl halides is 1. The first kappa shape index (κ1) is 29.5. The molecule has 0 amide bonds. The Kier molecular flexibility index (Phi) is 14.0. The van der Waals surface area contributed by atoms with Crippen LogP contribution in [0.2, 0.25) is 0 Å². The van der Waals surface area contributed by atoms with E-state index in [0.717, 1.165) is 43.1 Å². The Morgan fingerprint density at radius 2 is 1.68 bits per heavy atom. The molecule has 0 aliphatic heterocycles. The minimum absolute atomic E-state index is 0. The fourth-order valence-electron chi connectivity index (χ4n) is 3.49. The van der Waals surface area contributed by atoms with Gasteiger partial charge in [-0.1, -0.05) is 40.2 Å². The van der Waals surface area contributed by atoms with Crippen LogP contribution in [-0.4, -0.2) is 18.2 Å². The molecule has 0 saturated heterocycles. The SMILES string of the molecule is CC(=O)OC1CCC(Br)c2cc(I)ccc21.C[O-].OC1CC=Cc2cc(I)ccc21.[Na+]. The van der Waals surface area contributed by atoms with Crippen LogP contribution in [-0.2, 0) is 9.53 Å². The third kappa shape index (κ3) is 8.66. The van der Waals surface area contributed by atoms with E-state index in [1.807, 2.05) is 18.2 Å². The second-order valence-corrected chi connectivity index (χ2v) is 10.4. The molecule has 3 atom stereocenters. The monoisotopic (exact) mass is 720 g/mol. The number of fused-ring (bicyclic) bond motifs is 2. The van der Waals surface area contributed by atoms with Crippen LogP contribution in [0.15, 0.2) is 42.5 Å². The van der Waals surface area contributed by atoms with Gasteiger partial charge in [-0.3, -0.25) is 4.79 Å². The second kappa shape index (κ2) is 14.7. The van der Waals surface area contributed by atoms with Gasteiger partial charge in [0.15, 0.2) is 0 Å². The number of hydrogen-bond donors (Lipinski definition) is 1. The van der Waals surface area contributed by atoms with Crippen molar-refractivity contribution in [1.29, 1.82) is 0 Å². The predicted octanol–water partition coefficient (Wildman–Crippen LogP) is 2.85. The normalized spacial score (nSPS) is 20.4. The summed E-state index contributed by atoms with van der Waals surface area (Å²) < 4.78 is 7.77. The summed E-state index contributed by atoms with van der Waals surface area (Å²) in [5.74, 6) is -0.206. The first-order chi connectivity index (χ1) is 14.3. The molecule has 0 aromatic heterocycles. The summed E-state index contributed by atoms with van der Waals surface area (Å²) in [6.07, 6.45) is 6.36. The maximum absolute atomic E-state index is 11.0. The molecule has 162 valence electrons. The summed E-state index contributed by atoms with van der Waals surface area (Å²) in [5, 5.41) is 17.8. The Morgan fingerprint density at radius 3 is 2.32 bits per heavy atom. The summed E-state index contributed by atoms with van der Waals surface area (Å²) in [4.78, 5) is 11.4. The van der Waals surface area contributed by atoms with Gasteiger partial charge in [0.25, 0.3) is 0 Å². The zero-order valence-corrected chi connectivity index (χ0v) is 25.7.